The van der Waals surface area contributed by atoms with Crippen LogP contribution in [0.15, 0.2) is 48.8 Å². The molecule has 3 atom stereocenters. The molecule has 2 saturated heterocycles. The Kier molecular flexibility index (Phi) is 3.57. The molecule has 6 rings (SSSR count). The fourth-order valence-corrected chi connectivity index (χ4v) is 5.19. The zero-order valence-electron chi connectivity index (χ0n) is 19.8. The highest BCUT2D eigenvalue weighted by Gasteiger charge is 2.33. The first kappa shape index (κ1) is 15.0. The van der Waals surface area contributed by atoms with Crippen LogP contribution in [0, 0.1) is 0 Å². The van der Waals surface area contributed by atoms with E-state index < -0.39 is 6.98 Å². The Morgan fingerprint density at radius 2 is 2.03 bits per heavy atom. The summed E-state index contributed by atoms with van der Waals surface area (Å²) in [5, 5.41) is 7.95. The van der Waals surface area contributed by atoms with E-state index in [0.717, 1.165) is 48.1 Å². The van der Waals surface area contributed by atoms with Gasteiger partial charge in [-0.05, 0) is 67.1 Å². The van der Waals surface area contributed by atoms with Gasteiger partial charge in [0.2, 0.25) is 5.88 Å². The fourth-order valence-electron chi connectivity index (χ4n) is 5.19. The Labute approximate surface area is 181 Å². The molecule has 3 aliphatic heterocycles. The molecule has 1 N–H and O–H groups in total. The molecule has 0 spiro atoms. The monoisotopic (exact) mass is 404 g/mol. The minimum absolute atomic E-state index is 0.0629. The quantitative estimate of drug-likeness (QED) is 0.717. The van der Waals surface area contributed by atoms with E-state index in [-0.39, 0.29) is 6.04 Å². The van der Waals surface area contributed by atoms with Gasteiger partial charge in [-0.25, -0.2) is 4.68 Å². The Bertz CT molecular complexity index is 1150. The molecule has 6 heteroatoms. The first-order chi connectivity index (χ1) is 16.0. The lowest BCUT2D eigenvalue weighted by atomic mass is 9.83. The van der Waals surface area contributed by atoms with E-state index >= 15 is 0 Å². The number of rotatable bonds is 3. The maximum absolute atomic E-state index is 8.27. The van der Waals surface area contributed by atoms with Crippen molar-refractivity contribution >= 4 is 5.82 Å². The third-order valence-corrected chi connectivity index (χ3v) is 6.66. The third kappa shape index (κ3) is 3.06. The average Bonchev–Trinajstić information content (AvgIpc) is 3.32. The highest BCUT2D eigenvalue weighted by atomic mass is 16.5. The van der Waals surface area contributed by atoms with Crippen LogP contribution in [-0.4, -0.2) is 39.9 Å². The first-order valence-corrected chi connectivity index (χ1v) is 10.8. The molecule has 2 fully saturated rings. The molecule has 3 aromatic rings. The van der Waals surface area contributed by atoms with Gasteiger partial charge in [-0.2, -0.15) is 10.1 Å². The van der Waals surface area contributed by atoms with E-state index in [1.165, 1.54) is 6.42 Å². The average molecular weight is 405 g/mol. The highest BCUT2D eigenvalue weighted by Crippen LogP contribution is 2.39. The van der Waals surface area contributed by atoms with Gasteiger partial charge in [0.15, 0.2) is 0 Å². The lowest BCUT2D eigenvalue weighted by molar-refractivity contribution is 0.219. The number of pyridine rings is 1. The molecular formula is C24H27N5O. The molecule has 0 amide bonds. The van der Waals surface area contributed by atoms with Crippen LogP contribution in [-0.2, 0) is 6.61 Å². The normalized spacial score (nSPS) is 26.4. The smallest absolute Gasteiger partial charge is 0.223 e. The van der Waals surface area contributed by atoms with Gasteiger partial charge in [0, 0.05) is 47.2 Å². The summed E-state index contributed by atoms with van der Waals surface area (Å²) in [6, 6.07) is 12.5. The number of nitrogens with one attached hydrogen (secondary N) is 1. The van der Waals surface area contributed by atoms with Crippen molar-refractivity contribution < 1.29 is 8.85 Å². The van der Waals surface area contributed by atoms with Crippen molar-refractivity contribution in [1.29, 1.82) is 0 Å². The molecule has 3 aliphatic rings. The molecule has 5 heterocycles. The summed E-state index contributed by atoms with van der Waals surface area (Å²) in [6.07, 6.45) is 8.75. The minimum Gasteiger partial charge on any atom is -0.472 e. The van der Waals surface area contributed by atoms with Crippen LogP contribution in [0.2, 0.25) is 0 Å². The second-order valence-electron chi connectivity index (χ2n) is 8.59. The fraction of sp³-hybridized carbons (Fsp3) is 0.417. The molecular weight excluding hydrogens is 374 g/mol. The number of aromatic nitrogens is 3. The van der Waals surface area contributed by atoms with E-state index in [0.29, 0.717) is 30.4 Å². The first-order valence-electron chi connectivity index (χ1n) is 12.3. The van der Waals surface area contributed by atoms with Gasteiger partial charge < -0.3 is 15.0 Å². The van der Waals surface area contributed by atoms with E-state index in [1.807, 2.05) is 35.1 Å². The van der Waals surface area contributed by atoms with Crippen molar-refractivity contribution in [2.24, 2.45) is 0 Å². The summed E-state index contributed by atoms with van der Waals surface area (Å²) >= 11 is 0. The Morgan fingerprint density at radius 3 is 2.83 bits per heavy atom. The second kappa shape index (κ2) is 7.13. The molecule has 6 nitrogen and oxygen atoms in total. The molecule has 30 heavy (non-hydrogen) atoms. The summed E-state index contributed by atoms with van der Waals surface area (Å²) < 4.78 is 32.6. The van der Waals surface area contributed by atoms with Crippen molar-refractivity contribution in [3.8, 4) is 22.7 Å². The topological polar surface area (TPSA) is 55.2 Å². The summed E-state index contributed by atoms with van der Waals surface area (Å²) in [4.78, 5) is 6.28. The summed E-state index contributed by atoms with van der Waals surface area (Å²) in [5.74, 6) is 0.963. The van der Waals surface area contributed by atoms with Crippen molar-refractivity contribution in [2.45, 2.75) is 56.8 Å². The Hall–Kier alpha value is -2.86. The van der Waals surface area contributed by atoms with Crippen LogP contribution in [0.4, 0.5) is 5.82 Å². The summed E-state index contributed by atoms with van der Waals surface area (Å²) in [7, 11) is 0. The molecule has 0 radical (unpaired) electrons. The summed E-state index contributed by atoms with van der Waals surface area (Å²) in [5.41, 5.74) is 3.98. The number of hydrogen-bond donors (Lipinski definition) is 1. The molecule has 1 aromatic carbocycles. The van der Waals surface area contributed by atoms with E-state index in [2.05, 4.69) is 22.5 Å². The van der Waals surface area contributed by atoms with Gasteiger partial charge in [-0.1, -0.05) is 12.5 Å². The molecule has 0 aliphatic carbocycles. The molecule has 2 bridgehead atoms. The van der Waals surface area contributed by atoms with Crippen LogP contribution < -0.4 is 15.0 Å². The standard InChI is InChI=1S/C24H27N5O/c1-28(20-13-17-4-2-5-18(14-20)26-17)23-9-8-22-21-7-6-19(29-11-3-10-25-29)12-16(21)15-30-24(22)27-23/h3,6-12,17-18,20,26H,2,4-5,13-15H2,1H3/t17-,18+,20?/i1D3. The molecule has 1 unspecified atom stereocenters. The predicted octanol–water partition coefficient (Wildman–Crippen LogP) is 3.94. The van der Waals surface area contributed by atoms with Crippen LogP contribution >= 0.6 is 0 Å². The van der Waals surface area contributed by atoms with Crippen LogP contribution in [0.3, 0.4) is 0 Å². The van der Waals surface area contributed by atoms with Gasteiger partial charge in [0.25, 0.3) is 0 Å². The number of nitrogens with zero attached hydrogens (tertiary/aromatic N) is 4. The number of fused-ring (bicyclic) bond motifs is 5. The van der Waals surface area contributed by atoms with Gasteiger partial charge in [0.1, 0.15) is 12.4 Å². The van der Waals surface area contributed by atoms with Gasteiger partial charge in [0.05, 0.1) is 5.69 Å². The van der Waals surface area contributed by atoms with Crippen LogP contribution in [0.25, 0.3) is 16.8 Å². The van der Waals surface area contributed by atoms with Crippen molar-refractivity contribution in [1.82, 2.24) is 20.1 Å². The maximum atomic E-state index is 8.27. The van der Waals surface area contributed by atoms with Gasteiger partial charge in [-0.3, -0.25) is 0 Å². The van der Waals surface area contributed by atoms with E-state index in [4.69, 9.17) is 13.8 Å². The zero-order valence-corrected chi connectivity index (χ0v) is 16.8. The molecule has 0 saturated carbocycles. The maximum Gasteiger partial charge on any atom is 0.223 e. The molecule has 154 valence electrons. The van der Waals surface area contributed by atoms with Crippen molar-refractivity contribution in [3.05, 3.63) is 54.4 Å². The number of ether oxygens (including phenoxy) is 1. The number of hydrogen-bond acceptors (Lipinski definition) is 5. The lowest BCUT2D eigenvalue weighted by Gasteiger charge is -2.44. The number of anilines is 1. The van der Waals surface area contributed by atoms with Gasteiger partial charge in [-0.15, -0.1) is 0 Å². The van der Waals surface area contributed by atoms with Crippen LogP contribution in [0.1, 0.15) is 41.8 Å². The van der Waals surface area contributed by atoms with E-state index in [1.54, 1.807) is 11.1 Å². The Morgan fingerprint density at radius 1 is 1.17 bits per heavy atom. The largest absolute Gasteiger partial charge is 0.472 e. The number of piperidine rings is 2. The van der Waals surface area contributed by atoms with Crippen LogP contribution in [0.5, 0.6) is 5.88 Å². The zero-order chi connectivity index (χ0) is 22.6. The minimum atomic E-state index is -2.26. The third-order valence-electron chi connectivity index (χ3n) is 6.66. The lowest BCUT2D eigenvalue weighted by Crippen LogP contribution is -2.54. The number of benzene rings is 1. The Balaban J connectivity index is 1.33. The predicted molar refractivity (Wildman–Crippen MR) is 117 cm³/mol. The highest BCUT2D eigenvalue weighted by molar-refractivity contribution is 5.75. The second-order valence-corrected chi connectivity index (χ2v) is 8.59. The molecule has 2 aromatic heterocycles. The summed E-state index contributed by atoms with van der Waals surface area (Å²) in [6.45, 7) is -1.87. The SMILES string of the molecule is [2H]C([2H])([2H])N(c1ccc2c(n1)OCc1cc(-n3cccn3)ccc1-2)C1C[C@H]2CCC[C@@H](C1)N2. The van der Waals surface area contributed by atoms with Gasteiger partial charge >= 0.3 is 0 Å². The van der Waals surface area contributed by atoms with Crippen molar-refractivity contribution in [2.75, 3.05) is 11.9 Å². The van der Waals surface area contributed by atoms with Crippen molar-refractivity contribution in [3.63, 3.8) is 0 Å². The van der Waals surface area contributed by atoms with E-state index in [9.17, 15) is 0 Å².